The molecule has 43 heavy (non-hydrogen) atoms. The zero-order valence-electron chi connectivity index (χ0n) is 26.5. The summed E-state index contributed by atoms with van der Waals surface area (Å²) in [6.07, 6.45) is 4.31. The molecule has 1 saturated carbocycles. The van der Waals surface area contributed by atoms with E-state index in [0.717, 1.165) is 31.2 Å². The van der Waals surface area contributed by atoms with E-state index in [1.165, 1.54) is 6.42 Å². The molecule has 1 fully saturated rings. The van der Waals surface area contributed by atoms with Crippen molar-refractivity contribution in [2.75, 3.05) is 13.2 Å². The van der Waals surface area contributed by atoms with E-state index in [4.69, 9.17) is 9.84 Å². The zero-order chi connectivity index (χ0) is 31.8. The lowest BCUT2D eigenvalue weighted by Gasteiger charge is -2.34. The number of aliphatic hydroxyl groups excluding tert-OH is 3. The van der Waals surface area contributed by atoms with Gasteiger partial charge < -0.3 is 36.0 Å². The van der Waals surface area contributed by atoms with Gasteiger partial charge in [-0.3, -0.25) is 9.59 Å². The summed E-state index contributed by atoms with van der Waals surface area (Å²) < 4.78 is 5.10. The number of alkyl carbamates (subject to hydrolysis) is 1. The fourth-order valence-corrected chi connectivity index (χ4v) is 5.69. The van der Waals surface area contributed by atoms with Crippen LogP contribution in [-0.2, 0) is 20.7 Å². The number of carbonyl (C=O) groups is 3. The van der Waals surface area contributed by atoms with E-state index >= 15 is 0 Å². The maximum atomic E-state index is 13.7. The molecule has 5 atom stereocenters. The first-order chi connectivity index (χ1) is 20.5. The molecule has 1 aliphatic rings. The van der Waals surface area contributed by atoms with Crippen molar-refractivity contribution < 1.29 is 34.4 Å². The molecule has 1 aliphatic carbocycles. The van der Waals surface area contributed by atoms with Crippen LogP contribution in [0.1, 0.15) is 91.0 Å². The molecular formula is C33H55N3O7. The second-order valence-corrected chi connectivity index (χ2v) is 12.8. The molecule has 1 aromatic carbocycles. The largest absolute Gasteiger partial charge is 0.449 e. The number of nitrogens with one attached hydrogen (secondary N) is 3. The summed E-state index contributed by atoms with van der Waals surface area (Å²) in [5.41, 5.74) is 0.818. The van der Waals surface area contributed by atoms with Crippen LogP contribution in [0.5, 0.6) is 0 Å². The lowest BCUT2D eigenvalue weighted by atomic mass is 9.82. The van der Waals surface area contributed by atoms with Gasteiger partial charge in [0, 0.05) is 19.4 Å². The Morgan fingerprint density at radius 1 is 0.860 bits per heavy atom. The molecule has 0 spiro atoms. The Morgan fingerprint density at radius 2 is 1.49 bits per heavy atom. The minimum atomic E-state index is -1.13. The van der Waals surface area contributed by atoms with Gasteiger partial charge in [-0.15, -0.1) is 0 Å². The minimum absolute atomic E-state index is 0.00770. The van der Waals surface area contributed by atoms with Gasteiger partial charge in [-0.1, -0.05) is 90.1 Å². The fourth-order valence-electron chi connectivity index (χ4n) is 5.69. The third kappa shape index (κ3) is 14.1. The van der Waals surface area contributed by atoms with Crippen LogP contribution in [0.4, 0.5) is 4.79 Å². The molecule has 0 heterocycles. The van der Waals surface area contributed by atoms with Crippen molar-refractivity contribution in [2.45, 2.75) is 122 Å². The summed E-state index contributed by atoms with van der Waals surface area (Å²) in [6, 6.07) is 6.64. The van der Waals surface area contributed by atoms with Gasteiger partial charge in [-0.25, -0.2) is 4.79 Å². The number of ether oxygens (including phenoxy) is 1. The van der Waals surface area contributed by atoms with E-state index in [9.17, 15) is 24.6 Å². The van der Waals surface area contributed by atoms with Gasteiger partial charge in [0.05, 0.1) is 18.8 Å². The van der Waals surface area contributed by atoms with E-state index in [0.29, 0.717) is 25.2 Å². The van der Waals surface area contributed by atoms with Crippen molar-refractivity contribution in [3.05, 3.63) is 35.9 Å². The van der Waals surface area contributed by atoms with Gasteiger partial charge in [0.2, 0.25) is 11.8 Å². The number of carbonyl (C=O) groups excluding carboxylic acids is 3. The van der Waals surface area contributed by atoms with E-state index in [1.54, 1.807) is 0 Å². The van der Waals surface area contributed by atoms with Crippen LogP contribution in [0.3, 0.4) is 0 Å². The normalized spacial score (nSPS) is 17.5. The lowest BCUT2D eigenvalue weighted by Crippen LogP contribution is -2.58. The lowest BCUT2D eigenvalue weighted by molar-refractivity contribution is -0.131. The first-order valence-corrected chi connectivity index (χ1v) is 16.0. The molecule has 3 amide bonds. The van der Waals surface area contributed by atoms with Gasteiger partial charge >= 0.3 is 6.09 Å². The average molecular weight is 606 g/mol. The van der Waals surface area contributed by atoms with Crippen LogP contribution in [0.2, 0.25) is 0 Å². The maximum Gasteiger partial charge on any atom is 0.407 e. The summed E-state index contributed by atoms with van der Waals surface area (Å²) in [5.74, 6) is -0.383. The number of benzene rings is 1. The molecule has 0 radical (unpaired) electrons. The molecule has 0 aliphatic heterocycles. The molecule has 0 saturated heterocycles. The quantitative estimate of drug-likeness (QED) is 0.140. The Hall–Kier alpha value is -2.69. The summed E-state index contributed by atoms with van der Waals surface area (Å²) in [7, 11) is 0. The summed E-state index contributed by atoms with van der Waals surface area (Å²) in [6.45, 7) is 7.73. The minimum Gasteiger partial charge on any atom is -0.449 e. The van der Waals surface area contributed by atoms with Crippen LogP contribution in [0, 0.1) is 17.8 Å². The van der Waals surface area contributed by atoms with E-state index in [2.05, 4.69) is 16.0 Å². The van der Waals surface area contributed by atoms with Crippen LogP contribution in [0.25, 0.3) is 0 Å². The topological polar surface area (TPSA) is 157 Å². The van der Waals surface area contributed by atoms with Gasteiger partial charge in [0.1, 0.15) is 18.2 Å². The van der Waals surface area contributed by atoms with Crippen molar-refractivity contribution in [1.82, 2.24) is 16.0 Å². The first-order valence-electron chi connectivity index (χ1n) is 16.0. The summed E-state index contributed by atoms with van der Waals surface area (Å²) >= 11 is 0. The second kappa shape index (κ2) is 19.6. The molecule has 10 heteroatoms. The average Bonchev–Trinajstić information content (AvgIpc) is 2.96. The second-order valence-electron chi connectivity index (χ2n) is 12.8. The predicted octanol–water partition coefficient (Wildman–Crippen LogP) is 3.46. The van der Waals surface area contributed by atoms with Crippen molar-refractivity contribution in [3.63, 3.8) is 0 Å². The molecule has 10 nitrogen and oxygen atoms in total. The van der Waals surface area contributed by atoms with E-state index < -0.39 is 48.2 Å². The van der Waals surface area contributed by atoms with Crippen LogP contribution in [0.15, 0.2) is 30.3 Å². The molecule has 6 N–H and O–H groups in total. The van der Waals surface area contributed by atoms with Gasteiger partial charge in [-0.2, -0.15) is 0 Å². The zero-order valence-corrected chi connectivity index (χ0v) is 26.5. The molecule has 244 valence electrons. The number of hydrogen-bond acceptors (Lipinski definition) is 7. The highest BCUT2D eigenvalue weighted by Gasteiger charge is 2.34. The summed E-state index contributed by atoms with van der Waals surface area (Å²) in [4.78, 5) is 39.8. The molecule has 0 aromatic heterocycles. The molecule has 1 aromatic rings. The van der Waals surface area contributed by atoms with Crippen LogP contribution in [-0.4, -0.2) is 76.8 Å². The Bertz CT molecular complexity index is 953. The smallest absolute Gasteiger partial charge is 0.407 e. The summed E-state index contributed by atoms with van der Waals surface area (Å²) in [5, 5.41) is 39.4. The molecular weight excluding hydrogens is 550 g/mol. The maximum absolute atomic E-state index is 13.7. The molecule has 0 bridgehead atoms. The predicted molar refractivity (Wildman–Crippen MR) is 166 cm³/mol. The van der Waals surface area contributed by atoms with Crippen LogP contribution < -0.4 is 16.0 Å². The molecule has 2 rings (SSSR count). The standard InChI is InChI=1S/C33H55N3O7/c1-22(2)18-27(31(40)34-26(20-24-12-7-5-8-13-24)30(39)29(38)19-23(3)4)35-32(41)28(21-25-14-9-6-10-15-25)36-33(42)43-17-11-16-37/h6,9-10,14-15,22-24,26-30,37-39H,5,7-8,11-13,16-21H2,1-4H3,(H,34,40)(H,35,41)(H,36,42)/t26-,27-,28-,29+,30+/m0/s1. The van der Waals surface area contributed by atoms with Gasteiger partial charge in [0.25, 0.3) is 0 Å². The van der Waals surface area contributed by atoms with E-state index in [-0.39, 0.29) is 37.9 Å². The SMILES string of the molecule is CC(C)C[C@H](NC(=O)[C@H](Cc1ccccc1)NC(=O)OCCCO)C(=O)N[C@@H](CC1CCCCC1)[C@@H](O)[C@H](O)CC(C)C. The monoisotopic (exact) mass is 605 g/mol. The van der Waals surface area contributed by atoms with Crippen LogP contribution >= 0.6 is 0 Å². The highest BCUT2D eigenvalue weighted by Crippen LogP contribution is 2.29. The highest BCUT2D eigenvalue weighted by molar-refractivity contribution is 5.91. The number of hydrogen-bond donors (Lipinski definition) is 6. The van der Waals surface area contributed by atoms with Crippen molar-refractivity contribution in [1.29, 1.82) is 0 Å². The van der Waals surface area contributed by atoms with Crippen molar-refractivity contribution in [3.8, 4) is 0 Å². The number of aliphatic hydroxyl groups is 3. The number of amides is 3. The highest BCUT2D eigenvalue weighted by atomic mass is 16.5. The number of rotatable bonds is 18. The van der Waals surface area contributed by atoms with Crippen molar-refractivity contribution >= 4 is 17.9 Å². The van der Waals surface area contributed by atoms with E-state index in [1.807, 2.05) is 58.0 Å². The third-order valence-electron chi connectivity index (χ3n) is 7.93. The first kappa shape index (κ1) is 36.5. The fraction of sp³-hybridized carbons (Fsp3) is 0.727. The Kier molecular flexibility index (Phi) is 16.6. The Morgan fingerprint density at radius 3 is 2.09 bits per heavy atom. The third-order valence-corrected chi connectivity index (χ3v) is 7.93. The van der Waals surface area contributed by atoms with Gasteiger partial charge in [0.15, 0.2) is 0 Å². The van der Waals surface area contributed by atoms with Gasteiger partial charge in [-0.05, 0) is 42.6 Å². The Balaban J connectivity index is 2.22. The Labute approximate surface area is 257 Å². The molecule has 0 unspecified atom stereocenters. The van der Waals surface area contributed by atoms with Crippen molar-refractivity contribution in [2.24, 2.45) is 17.8 Å².